The standard InChI is InChI=1S/C15H22O3/c1-11(2)18-14-6-4-5-13(9-14)15(16,10-17-3)12-7-8-12/h4-6,9,11-12,16H,7-8,10H2,1-3H3. The summed E-state index contributed by atoms with van der Waals surface area (Å²) in [5.41, 5.74) is 0.0236. The van der Waals surface area contributed by atoms with Crippen LogP contribution in [0.4, 0.5) is 0 Å². The Balaban J connectivity index is 2.24. The molecule has 0 radical (unpaired) electrons. The van der Waals surface area contributed by atoms with E-state index < -0.39 is 5.60 Å². The fourth-order valence-corrected chi connectivity index (χ4v) is 2.33. The summed E-state index contributed by atoms with van der Waals surface area (Å²) in [6.45, 7) is 4.33. The molecule has 1 unspecified atom stereocenters. The third-order valence-corrected chi connectivity index (χ3v) is 3.32. The number of methoxy groups -OCH3 is 1. The predicted molar refractivity (Wildman–Crippen MR) is 70.7 cm³/mol. The lowest BCUT2D eigenvalue weighted by molar-refractivity contribution is -0.0534. The highest BCUT2D eigenvalue weighted by atomic mass is 16.5. The summed E-state index contributed by atoms with van der Waals surface area (Å²) in [5, 5.41) is 10.8. The molecule has 1 N–H and O–H groups in total. The van der Waals surface area contributed by atoms with Crippen LogP contribution in [0.3, 0.4) is 0 Å². The maximum Gasteiger partial charge on any atom is 0.120 e. The molecule has 0 bridgehead atoms. The van der Waals surface area contributed by atoms with Gasteiger partial charge >= 0.3 is 0 Å². The number of aliphatic hydroxyl groups is 1. The minimum Gasteiger partial charge on any atom is -0.491 e. The zero-order chi connectivity index (χ0) is 13.2. The van der Waals surface area contributed by atoms with Crippen molar-refractivity contribution in [1.82, 2.24) is 0 Å². The second kappa shape index (κ2) is 5.29. The largest absolute Gasteiger partial charge is 0.491 e. The summed E-state index contributed by atoms with van der Waals surface area (Å²) in [5.74, 6) is 1.12. The van der Waals surface area contributed by atoms with E-state index in [1.54, 1.807) is 7.11 Å². The van der Waals surface area contributed by atoms with Crippen LogP contribution >= 0.6 is 0 Å². The molecule has 2 rings (SSSR count). The van der Waals surface area contributed by atoms with Crippen molar-refractivity contribution >= 4 is 0 Å². The quantitative estimate of drug-likeness (QED) is 0.843. The van der Waals surface area contributed by atoms with Crippen molar-refractivity contribution in [3.8, 4) is 5.75 Å². The van der Waals surface area contributed by atoms with Crippen LogP contribution < -0.4 is 4.74 Å². The summed E-state index contributed by atoms with van der Waals surface area (Å²) in [6.07, 6.45) is 2.27. The molecular formula is C15H22O3. The first-order valence-electron chi connectivity index (χ1n) is 6.55. The highest BCUT2D eigenvalue weighted by Gasteiger charge is 2.45. The van der Waals surface area contributed by atoms with Crippen LogP contribution in [0.2, 0.25) is 0 Å². The van der Waals surface area contributed by atoms with Crippen LogP contribution in [0.1, 0.15) is 32.3 Å². The average Bonchev–Trinajstić information content (AvgIpc) is 3.12. The van der Waals surface area contributed by atoms with E-state index in [4.69, 9.17) is 9.47 Å². The van der Waals surface area contributed by atoms with Crippen molar-refractivity contribution in [2.75, 3.05) is 13.7 Å². The van der Waals surface area contributed by atoms with Gasteiger partial charge in [0.15, 0.2) is 0 Å². The maximum absolute atomic E-state index is 10.8. The lowest BCUT2D eigenvalue weighted by atomic mass is 9.89. The second-order valence-electron chi connectivity index (χ2n) is 5.33. The normalized spacial score (nSPS) is 18.7. The molecule has 0 heterocycles. The third kappa shape index (κ3) is 2.85. The summed E-state index contributed by atoms with van der Waals surface area (Å²) in [4.78, 5) is 0. The van der Waals surface area contributed by atoms with Gasteiger partial charge in [0.05, 0.1) is 12.7 Å². The predicted octanol–water partition coefficient (Wildman–Crippen LogP) is 2.72. The first-order valence-corrected chi connectivity index (χ1v) is 6.55. The molecule has 0 aromatic heterocycles. The topological polar surface area (TPSA) is 38.7 Å². The second-order valence-corrected chi connectivity index (χ2v) is 5.33. The molecule has 0 spiro atoms. The van der Waals surface area contributed by atoms with E-state index in [1.807, 2.05) is 38.1 Å². The van der Waals surface area contributed by atoms with E-state index in [2.05, 4.69) is 0 Å². The third-order valence-electron chi connectivity index (χ3n) is 3.32. The minimum atomic E-state index is -0.870. The number of hydrogen-bond donors (Lipinski definition) is 1. The van der Waals surface area contributed by atoms with Gasteiger partial charge in [0.1, 0.15) is 11.4 Å². The highest BCUT2D eigenvalue weighted by Crippen LogP contribution is 2.46. The summed E-state index contributed by atoms with van der Waals surface area (Å²) in [7, 11) is 1.63. The Morgan fingerprint density at radius 2 is 2.11 bits per heavy atom. The fraction of sp³-hybridized carbons (Fsp3) is 0.600. The minimum absolute atomic E-state index is 0.136. The molecule has 0 saturated heterocycles. The van der Waals surface area contributed by atoms with E-state index in [9.17, 15) is 5.11 Å². The first kappa shape index (κ1) is 13.4. The Labute approximate surface area is 109 Å². The lowest BCUT2D eigenvalue weighted by Crippen LogP contribution is -2.33. The molecule has 1 saturated carbocycles. The highest BCUT2D eigenvalue weighted by molar-refractivity contribution is 5.34. The molecule has 1 aromatic carbocycles. The van der Waals surface area contributed by atoms with Crippen molar-refractivity contribution in [2.45, 2.75) is 38.4 Å². The molecule has 3 nitrogen and oxygen atoms in total. The average molecular weight is 250 g/mol. The Bertz CT molecular complexity index is 398. The Morgan fingerprint density at radius 3 is 2.67 bits per heavy atom. The summed E-state index contributed by atoms with van der Waals surface area (Å²) in [6, 6.07) is 7.72. The van der Waals surface area contributed by atoms with E-state index >= 15 is 0 Å². The Morgan fingerprint density at radius 1 is 1.39 bits per heavy atom. The lowest BCUT2D eigenvalue weighted by Gasteiger charge is -2.28. The molecule has 1 fully saturated rings. The van der Waals surface area contributed by atoms with Crippen molar-refractivity contribution in [3.63, 3.8) is 0 Å². The van der Waals surface area contributed by atoms with Crippen LogP contribution in [0.25, 0.3) is 0 Å². The van der Waals surface area contributed by atoms with Crippen molar-refractivity contribution < 1.29 is 14.6 Å². The van der Waals surface area contributed by atoms with Crippen LogP contribution in [-0.4, -0.2) is 24.9 Å². The van der Waals surface area contributed by atoms with Gasteiger partial charge in [-0.1, -0.05) is 12.1 Å². The molecule has 1 aromatic rings. The SMILES string of the molecule is COCC(O)(c1cccc(OC(C)C)c1)C1CC1. The van der Waals surface area contributed by atoms with Gasteiger partial charge in [0.25, 0.3) is 0 Å². The molecule has 3 heteroatoms. The molecular weight excluding hydrogens is 228 g/mol. The van der Waals surface area contributed by atoms with Gasteiger partial charge in [-0.05, 0) is 50.3 Å². The molecule has 1 atom stereocenters. The fourth-order valence-electron chi connectivity index (χ4n) is 2.33. The molecule has 100 valence electrons. The summed E-state index contributed by atoms with van der Waals surface area (Å²) < 4.78 is 10.9. The van der Waals surface area contributed by atoms with Crippen molar-refractivity contribution in [1.29, 1.82) is 0 Å². The number of ether oxygens (including phenoxy) is 2. The molecule has 0 amide bonds. The van der Waals surface area contributed by atoms with Gasteiger partial charge in [-0.3, -0.25) is 0 Å². The molecule has 1 aliphatic carbocycles. The van der Waals surface area contributed by atoms with Crippen LogP contribution in [0.5, 0.6) is 5.75 Å². The zero-order valence-electron chi connectivity index (χ0n) is 11.3. The Hall–Kier alpha value is -1.06. The number of rotatable bonds is 6. The zero-order valence-corrected chi connectivity index (χ0v) is 11.3. The van der Waals surface area contributed by atoms with E-state index in [0.29, 0.717) is 12.5 Å². The summed E-state index contributed by atoms with van der Waals surface area (Å²) >= 11 is 0. The van der Waals surface area contributed by atoms with Crippen LogP contribution in [-0.2, 0) is 10.3 Å². The van der Waals surface area contributed by atoms with Gasteiger partial charge < -0.3 is 14.6 Å². The van der Waals surface area contributed by atoms with Crippen molar-refractivity contribution in [2.24, 2.45) is 5.92 Å². The number of hydrogen-bond acceptors (Lipinski definition) is 3. The van der Waals surface area contributed by atoms with E-state index in [-0.39, 0.29) is 6.10 Å². The molecule has 18 heavy (non-hydrogen) atoms. The van der Waals surface area contributed by atoms with E-state index in [0.717, 1.165) is 24.2 Å². The van der Waals surface area contributed by atoms with Gasteiger partial charge in [0.2, 0.25) is 0 Å². The van der Waals surface area contributed by atoms with Gasteiger partial charge in [-0.2, -0.15) is 0 Å². The van der Waals surface area contributed by atoms with Crippen LogP contribution in [0, 0.1) is 5.92 Å². The van der Waals surface area contributed by atoms with Gasteiger partial charge in [0, 0.05) is 7.11 Å². The monoisotopic (exact) mass is 250 g/mol. The smallest absolute Gasteiger partial charge is 0.120 e. The van der Waals surface area contributed by atoms with Crippen molar-refractivity contribution in [3.05, 3.63) is 29.8 Å². The van der Waals surface area contributed by atoms with Gasteiger partial charge in [-0.15, -0.1) is 0 Å². The van der Waals surface area contributed by atoms with Crippen LogP contribution in [0.15, 0.2) is 24.3 Å². The maximum atomic E-state index is 10.8. The molecule has 0 aliphatic heterocycles. The van der Waals surface area contributed by atoms with E-state index in [1.165, 1.54) is 0 Å². The first-order chi connectivity index (χ1) is 8.56. The Kier molecular flexibility index (Phi) is 3.93. The van der Waals surface area contributed by atoms with Gasteiger partial charge in [-0.25, -0.2) is 0 Å². The molecule has 1 aliphatic rings. The number of benzene rings is 1.